The van der Waals surface area contributed by atoms with Crippen LogP contribution in [0.3, 0.4) is 0 Å². The first-order valence-corrected chi connectivity index (χ1v) is 7.01. The summed E-state index contributed by atoms with van der Waals surface area (Å²) in [6.45, 7) is 9.14. The minimum absolute atomic E-state index is 0.575. The van der Waals surface area contributed by atoms with E-state index in [0.29, 0.717) is 6.04 Å². The van der Waals surface area contributed by atoms with Gasteiger partial charge in [0, 0.05) is 25.3 Å². The summed E-state index contributed by atoms with van der Waals surface area (Å²) in [6.07, 6.45) is 2.58. The van der Waals surface area contributed by atoms with Gasteiger partial charge in [0.2, 0.25) is 0 Å². The summed E-state index contributed by atoms with van der Waals surface area (Å²) >= 11 is 0. The van der Waals surface area contributed by atoms with Gasteiger partial charge < -0.3 is 5.32 Å². The van der Waals surface area contributed by atoms with Crippen molar-refractivity contribution in [2.75, 3.05) is 25.5 Å². The van der Waals surface area contributed by atoms with Crippen LogP contribution in [0.25, 0.3) is 0 Å². The molecule has 0 unspecified atom stereocenters. The van der Waals surface area contributed by atoms with Gasteiger partial charge in [0.15, 0.2) is 0 Å². The van der Waals surface area contributed by atoms with E-state index >= 15 is 0 Å². The molecule has 1 aromatic heterocycles. The van der Waals surface area contributed by atoms with E-state index in [-0.39, 0.29) is 0 Å². The molecule has 1 aliphatic rings. The minimum Gasteiger partial charge on any atom is -0.373 e. The second-order valence-corrected chi connectivity index (χ2v) is 5.67. The molecule has 0 bridgehead atoms. The van der Waals surface area contributed by atoms with Crippen LogP contribution in [0.4, 0.5) is 5.82 Å². The van der Waals surface area contributed by atoms with Crippen LogP contribution in [0.1, 0.15) is 44.0 Å². The zero-order valence-electron chi connectivity index (χ0n) is 12.0. The maximum atomic E-state index is 4.61. The Bertz CT molecular complexity index is 401. The fourth-order valence-electron chi connectivity index (χ4n) is 2.93. The van der Waals surface area contributed by atoms with Crippen molar-refractivity contribution in [1.29, 1.82) is 0 Å². The molecule has 1 aliphatic heterocycles. The summed E-state index contributed by atoms with van der Waals surface area (Å²) in [5.41, 5.74) is 2.58. The van der Waals surface area contributed by atoms with Gasteiger partial charge in [-0.15, -0.1) is 0 Å². The summed E-state index contributed by atoms with van der Waals surface area (Å²) < 4.78 is 0. The predicted molar refractivity (Wildman–Crippen MR) is 76.9 cm³/mol. The average molecular weight is 247 g/mol. The van der Waals surface area contributed by atoms with Crippen LogP contribution < -0.4 is 5.32 Å². The summed E-state index contributed by atoms with van der Waals surface area (Å²) in [5, 5.41) is 3.10. The van der Waals surface area contributed by atoms with Crippen LogP contribution in [0.2, 0.25) is 0 Å². The first-order chi connectivity index (χ1) is 8.61. The van der Waals surface area contributed by atoms with E-state index in [0.717, 1.165) is 11.7 Å². The molecule has 1 saturated heterocycles. The third-order valence-corrected chi connectivity index (χ3v) is 3.71. The van der Waals surface area contributed by atoms with E-state index in [1.165, 1.54) is 37.2 Å². The van der Waals surface area contributed by atoms with Crippen molar-refractivity contribution in [2.24, 2.45) is 5.92 Å². The molecule has 1 aromatic rings. The van der Waals surface area contributed by atoms with E-state index in [2.05, 4.69) is 48.1 Å². The lowest BCUT2D eigenvalue weighted by Crippen LogP contribution is -2.28. The van der Waals surface area contributed by atoms with Crippen molar-refractivity contribution in [2.45, 2.75) is 39.7 Å². The topological polar surface area (TPSA) is 28.2 Å². The second-order valence-electron chi connectivity index (χ2n) is 5.67. The Balaban J connectivity index is 2.19. The van der Waals surface area contributed by atoms with Crippen LogP contribution in [0, 0.1) is 12.8 Å². The van der Waals surface area contributed by atoms with Gasteiger partial charge in [0.25, 0.3) is 0 Å². The molecule has 0 radical (unpaired) electrons. The zero-order chi connectivity index (χ0) is 13.1. The van der Waals surface area contributed by atoms with Gasteiger partial charge in [-0.3, -0.25) is 4.90 Å². The van der Waals surface area contributed by atoms with Gasteiger partial charge in [-0.2, -0.15) is 0 Å². The fourth-order valence-corrected chi connectivity index (χ4v) is 2.93. The first-order valence-electron chi connectivity index (χ1n) is 7.01. The molecule has 0 spiro atoms. The van der Waals surface area contributed by atoms with Crippen molar-refractivity contribution in [3.05, 3.63) is 23.4 Å². The molecule has 18 heavy (non-hydrogen) atoms. The molecular formula is C15H25N3. The number of nitrogens with one attached hydrogen (secondary N) is 1. The Morgan fingerprint density at radius 1 is 1.44 bits per heavy atom. The van der Waals surface area contributed by atoms with Crippen molar-refractivity contribution < 1.29 is 0 Å². The average Bonchev–Trinajstić information content (AvgIpc) is 2.76. The number of aryl methyl sites for hydroxylation is 1. The molecule has 0 amide bonds. The van der Waals surface area contributed by atoms with Gasteiger partial charge in [-0.1, -0.05) is 19.9 Å². The first kappa shape index (κ1) is 13.3. The van der Waals surface area contributed by atoms with Crippen LogP contribution >= 0.6 is 0 Å². The van der Waals surface area contributed by atoms with Crippen molar-refractivity contribution in [3.63, 3.8) is 0 Å². The maximum absolute atomic E-state index is 4.61. The van der Waals surface area contributed by atoms with E-state index in [1.807, 2.05) is 7.05 Å². The normalized spacial score (nSPS) is 20.6. The zero-order valence-corrected chi connectivity index (χ0v) is 12.0. The van der Waals surface area contributed by atoms with Gasteiger partial charge in [-0.25, -0.2) is 4.98 Å². The lowest BCUT2D eigenvalue weighted by atomic mass is 10.0. The summed E-state index contributed by atoms with van der Waals surface area (Å²) in [7, 11) is 1.92. The monoisotopic (exact) mass is 247 g/mol. The van der Waals surface area contributed by atoms with Gasteiger partial charge in [0.05, 0.1) is 0 Å². The number of likely N-dealkylation sites (tertiary alicyclic amines) is 1. The molecule has 2 heterocycles. The SMILES string of the molecule is CNc1ccc([C@@H]2CCCN2CC(C)C)c(C)n1. The highest BCUT2D eigenvalue weighted by molar-refractivity contribution is 5.39. The largest absolute Gasteiger partial charge is 0.373 e. The third kappa shape index (κ3) is 2.83. The molecular weight excluding hydrogens is 222 g/mol. The Hall–Kier alpha value is -1.09. The van der Waals surface area contributed by atoms with E-state index < -0.39 is 0 Å². The maximum Gasteiger partial charge on any atom is 0.125 e. The Morgan fingerprint density at radius 3 is 2.83 bits per heavy atom. The van der Waals surface area contributed by atoms with E-state index in [9.17, 15) is 0 Å². The van der Waals surface area contributed by atoms with Gasteiger partial charge in [0.1, 0.15) is 5.82 Å². The molecule has 3 nitrogen and oxygen atoms in total. The van der Waals surface area contributed by atoms with Crippen LogP contribution in [0.5, 0.6) is 0 Å². The Kier molecular flexibility index (Phi) is 4.23. The minimum atomic E-state index is 0.575. The molecule has 3 heteroatoms. The van der Waals surface area contributed by atoms with Crippen molar-refractivity contribution in [3.8, 4) is 0 Å². The quantitative estimate of drug-likeness (QED) is 0.885. The molecule has 0 saturated carbocycles. The lowest BCUT2D eigenvalue weighted by molar-refractivity contribution is 0.228. The van der Waals surface area contributed by atoms with Gasteiger partial charge in [-0.05, 0) is 43.9 Å². The van der Waals surface area contributed by atoms with Crippen LogP contribution in [-0.4, -0.2) is 30.0 Å². The highest BCUT2D eigenvalue weighted by atomic mass is 15.2. The Labute approximate surface area is 111 Å². The predicted octanol–water partition coefficient (Wildman–Crippen LogP) is 3.22. The number of pyridine rings is 1. The molecule has 1 atom stereocenters. The summed E-state index contributed by atoms with van der Waals surface area (Å²) in [4.78, 5) is 7.23. The van der Waals surface area contributed by atoms with E-state index in [4.69, 9.17) is 0 Å². The van der Waals surface area contributed by atoms with Crippen LogP contribution in [0.15, 0.2) is 12.1 Å². The number of aromatic nitrogens is 1. The standard InChI is InChI=1S/C15H25N3/c1-11(2)10-18-9-5-6-14(18)13-7-8-15(16-4)17-12(13)3/h7-8,11,14H,5-6,9-10H2,1-4H3,(H,16,17)/t14-/m0/s1. The van der Waals surface area contributed by atoms with Crippen molar-refractivity contribution >= 4 is 5.82 Å². The van der Waals surface area contributed by atoms with Gasteiger partial charge >= 0.3 is 0 Å². The summed E-state index contributed by atoms with van der Waals surface area (Å²) in [5.74, 6) is 1.69. The fraction of sp³-hybridized carbons (Fsp3) is 0.667. The van der Waals surface area contributed by atoms with E-state index in [1.54, 1.807) is 0 Å². The molecule has 1 fully saturated rings. The van der Waals surface area contributed by atoms with Crippen LogP contribution in [-0.2, 0) is 0 Å². The van der Waals surface area contributed by atoms with Crippen molar-refractivity contribution in [1.82, 2.24) is 9.88 Å². The molecule has 1 N–H and O–H groups in total. The number of anilines is 1. The number of nitrogens with zero attached hydrogens (tertiary/aromatic N) is 2. The number of hydrogen-bond acceptors (Lipinski definition) is 3. The lowest BCUT2D eigenvalue weighted by Gasteiger charge is -2.27. The highest BCUT2D eigenvalue weighted by Crippen LogP contribution is 2.34. The number of hydrogen-bond donors (Lipinski definition) is 1. The summed E-state index contributed by atoms with van der Waals surface area (Å²) in [6, 6.07) is 4.91. The highest BCUT2D eigenvalue weighted by Gasteiger charge is 2.27. The second kappa shape index (κ2) is 5.70. The molecule has 0 aromatic carbocycles. The Morgan fingerprint density at radius 2 is 2.22 bits per heavy atom. The number of rotatable bonds is 4. The molecule has 100 valence electrons. The molecule has 2 rings (SSSR count). The molecule has 0 aliphatic carbocycles. The smallest absolute Gasteiger partial charge is 0.125 e. The third-order valence-electron chi connectivity index (χ3n) is 3.71.